The molecule has 2 rings (SSSR count). The standard InChI is InChI=1S/C15H13BrClF/c1-10-8-11(6-7-14(10)17)13(16)9-12-4-2-3-5-15(12)18/h2-8,13H,9H2,1H3. The van der Waals surface area contributed by atoms with Crippen LogP contribution in [-0.4, -0.2) is 0 Å². The fourth-order valence-electron chi connectivity index (χ4n) is 1.84. The third-order valence-corrected chi connectivity index (χ3v) is 4.18. The van der Waals surface area contributed by atoms with E-state index in [1.807, 2.05) is 37.3 Å². The van der Waals surface area contributed by atoms with Crippen LogP contribution >= 0.6 is 27.5 Å². The number of benzene rings is 2. The zero-order valence-electron chi connectivity index (χ0n) is 9.96. The van der Waals surface area contributed by atoms with Gasteiger partial charge in [0, 0.05) is 9.85 Å². The van der Waals surface area contributed by atoms with Crippen molar-refractivity contribution in [3.8, 4) is 0 Å². The van der Waals surface area contributed by atoms with Crippen LogP contribution in [0.4, 0.5) is 4.39 Å². The van der Waals surface area contributed by atoms with Gasteiger partial charge in [0.25, 0.3) is 0 Å². The van der Waals surface area contributed by atoms with Gasteiger partial charge in [0.2, 0.25) is 0 Å². The Balaban J connectivity index is 2.19. The number of halogens is 3. The normalized spacial score (nSPS) is 12.4. The topological polar surface area (TPSA) is 0 Å². The van der Waals surface area contributed by atoms with E-state index >= 15 is 0 Å². The summed E-state index contributed by atoms with van der Waals surface area (Å²) in [5, 5.41) is 0.754. The van der Waals surface area contributed by atoms with Gasteiger partial charge in [-0.15, -0.1) is 0 Å². The zero-order valence-corrected chi connectivity index (χ0v) is 12.3. The molecular weight excluding hydrogens is 315 g/mol. The molecule has 0 aliphatic carbocycles. The monoisotopic (exact) mass is 326 g/mol. The Morgan fingerprint density at radius 1 is 1.22 bits per heavy atom. The minimum atomic E-state index is -0.160. The summed E-state index contributed by atoms with van der Waals surface area (Å²) >= 11 is 9.60. The van der Waals surface area contributed by atoms with Gasteiger partial charge in [-0.05, 0) is 42.2 Å². The fourth-order valence-corrected chi connectivity index (χ4v) is 2.59. The second-order valence-corrected chi connectivity index (χ2v) is 5.78. The number of hydrogen-bond donors (Lipinski definition) is 0. The molecular formula is C15H13BrClF. The average molecular weight is 328 g/mol. The molecule has 2 aromatic rings. The minimum Gasteiger partial charge on any atom is -0.207 e. The van der Waals surface area contributed by atoms with Crippen molar-refractivity contribution < 1.29 is 4.39 Å². The summed E-state index contributed by atoms with van der Waals surface area (Å²) in [5.41, 5.74) is 2.86. The third kappa shape index (κ3) is 3.12. The van der Waals surface area contributed by atoms with Crippen LogP contribution in [0, 0.1) is 12.7 Å². The molecule has 0 aliphatic heterocycles. The van der Waals surface area contributed by atoms with Crippen LogP contribution in [0.15, 0.2) is 42.5 Å². The summed E-state index contributed by atoms with van der Waals surface area (Å²) in [6.45, 7) is 1.97. The van der Waals surface area contributed by atoms with Crippen molar-refractivity contribution in [2.24, 2.45) is 0 Å². The maximum atomic E-state index is 13.6. The van der Waals surface area contributed by atoms with Crippen LogP contribution in [0.2, 0.25) is 5.02 Å². The van der Waals surface area contributed by atoms with Crippen LogP contribution in [0.25, 0.3) is 0 Å². The lowest BCUT2D eigenvalue weighted by Gasteiger charge is -2.12. The maximum absolute atomic E-state index is 13.6. The molecule has 0 aliphatic rings. The maximum Gasteiger partial charge on any atom is 0.126 e. The van der Waals surface area contributed by atoms with Gasteiger partial charge in [0.05, 0.1) is 0 Å². The van der Waals surface area contributed by atoms with Crippen molar-refractivity contribution in [2.75, 3.05) is 0 Å². The van der Waals surface area contributed by atoms with Crippen molar-refractivity contribution in [3.05, 3.63) is 70.0 Å². The van der Waals surface area contributed by atoms with E-state index in [0.29, 0.717) is 12.0 Å². The van der Waals surface area contributed by atoms with Crippen LogP contribution in [0.5, 0.6) is 0 Å². The van der Waals surface area contributed by atoms with E-state index in [9.17, 15) is 4.39 Å². The molecule has 94 valence electrons. The van der Waals surface area contributed by atoms with Gasteiger partial charge in [0.1, 0.15) is 5.82 Å². The Morgan fingerprint density at radius 3 is 2.61 bits per heavy atom. The Bertz CT molecular complexity index is 554. The summed E-state index contributed by atoms with van der Waals surface area (Å²) in [7, 11) is 0. The largest absolute Gasteiger partial charge is 0.207 e. The first-order valence-corrected chi connectivity index (χ1v) is 7.01. The molecule has 0 amide bonds. The molecule has 0 fully saturated rings. The summed E-state index contributed by atoms with van der Waals surface area (Å²) in [4.78, 5) is 0.0883. The van der Waals surface area contributed by atoms with Gasteiger partial charge in [-0.1, -0.05) is 57.9 Å². The predicted octanol–water partition coefficient (Wildman–Crippen LogP) is 5.47. The molecule has 18 heavy (non-hydrogen) atoms. The highest BCUT2D eigenvalue weighted by Crippen LogP contribution is 2.30. The zero-order chi connectivity index (χ0) is 13.1. The third-order valence-electron chi connectivity index (χ3n) is 2.90. The number of alkyl halides is 1. The van der Waals surface area contributed by atoms with Gasteiger partial charge >= 0.3 is 0 Å². The molecule has 1 atom stereocenters. The molecule has 3 heteroatoms. The van der Waals surface area contributed by atoms with Crippen molar-refractivity contribution >= 4 is 27.5 Å². The second kappa shape index (κ2) is 5.85. The van der Waals surface area contributed by atoms with Crippen molar-refractivity contribution in [1.82, 2.24) is 0 Å². The highest BCUT2D eigenvalue weighted by molar-refractivity contribution is 9.09. The number of hydrogen-bond acceptors (Lipinski definition) is 0. The van der Waals surface area contributed by atoms with E-state index in [-0.39, 0.29) is 10.6 Å². The molecule has 0 bridgehead atoms. The minimum absolute atomic E-state index is 0.0883. The van der Waals surface area contributed by atoms with Crippen molar-refractivity contribution in [1.29, 1.82) is 0 Å². The molecule has 0 radical (unpaired) electrons. The first-order chi connectivity index (χ1) is 8.58. The van der Waals surface area contributed by atoms with Crippen LogP contribution in [-0.2, 0) is 6.42 Å². The Labute approximate surface area is 120 Å². The number of rotatable bonds is 3. The van der Waals surface area contributed by atoms with E-state index in [1.165, 1.54) is 6.07 Å². The van der Waals surface area contributed by atoms with Crippen LogP contribution < -0.4 is 0 Å². The van der Waals surface area contributed by atoms with Gasteiger partial charge in [0.15, 0.2) is 0 Å². The molecule has 0 saturated heterocycles. The van der Waals surface area contributed by atoms with Crippen molar-refractivity contribution in [3.63, 3.8) is 0 Å². The van der Waals surface area contributed by atoms with Gasteiger partial charge in [-0.2, -0.15) is 0 Å². The molecule has 0 nitrogen and oxygen atoms in total. The van der Waals surface area contributed by atoms with Crippen LogP contribution in [0.1, 0.15) is 21.5 Å². The Hall–Kier alpha value is -0.860. The molecule has 0 aromatic heterocycles. The fraction of sp³-hybridized carbons (Fsp3) is 0.200. The molecule has 0 spiro atoms. The molecule has 0 N–H and O–H groups in total. The van der Waals surface area contributed by atoms with E-state index in [1.54, 1.807) is 6.07 Å². The number of aryl methyl sites for hydroxylation is 1. The lowest BCUT2D eigenvalue weighted by atomic mass is 10.0. The van der Waals surface area contributed by atoms with E-state index in [0.717, 1.165) is 16.1 Å². The molecule has 1 unspecified atom stereocenters. The molecule has 2 aromatic carbocycles. The van der Waals surface area contributed by atoms with E-state index in [4.69, 9.17) is 11.6 Å². The molecule has 0 saturated carbocycles. The quantitative estimate of drug-likeness (QED) is 0.656. The Kier molecular flexibility index (Phi) is 4.41. The summed E-state index contributed by atoms with van der Waals surface area (Å²) in [6.07, 6.45) is 0.619. The van der Waals surface area contributed by atoms with Crippen molar-refractivity contribution in [2.45, 2.75) is 18.2 Å². The highest BCUT2D eigenvalue weighted by Gasteiger charge is 2.12. The van der Waals surface area contributed by atoms with Gasteiger partial charge in [-0.25, -0.2) is 4.39 Å². The lowest BCUT2D eigenvalue weighted by molar-refractivity contribution is 0.608. The summed E-state index contributed by atoms with van der Waals surface area (Å²) < 4.78 is 13.6. The summed E-state index contributed by atoms with van der Waals surface area (Å²) in [6, 6.07) is 12.7. The van der Waals surface area contributed by atoms with E-state index in [2.05, 4.69) is 15.9 Å². The first-order valence-electron chi connectivity index (χ1n) is 5.71. The van der Waals surface area contributed by atoms with Crippen LogP contribution in [0.3, 0.4) is 0 Å². The van der Waals surface area contributed by atoms with Gasteiger partial charge < -0.3 is 0 Å². The van der Waals surface area contributed by atoms with Gasteiger partial charge in [-0.3, -0.25) is 0 Å². The SMILES string of the molecule is Cc1cc(C(Br)Cc2ccccc2F)ccc1Cl. The van der Waals surface area contributed by atoms with E-state index < -0.39 is 0 Å². The molecule has 0 heterocycles. The highest BCUT2D eigenvalue weighted by atomic mass is 79.9. The first kappa shape index (κ1) is 13.6. The summed E-state index contributed by atoms with van der Waals surface area (Å²) in [5.74, 6) is -0.160. The lowest BCUT2D eigenvalue weighted by Crippen LogP contribution is -1.98. The second-order valence-electron chi connectivity index (χ2n) is 4.27. The smallest absolute Gasteiger partial charge is 0.126 e. The average Bonchev–Trinajstić information content (AvgIpc) is 2.35. The predicted molar refractivity (Wildman–Crippen MR) is 78.0 cm³/mol. The Morgan fingerprint density at radius 2 is 1.94 bits per heavy atom.